The fraction of sp³-hybridized carbons (Fsp3) is 0.929. The Morgan fingerprint density at radius 1 is 1.06 bits per heavy atom. The summed E-state index contributed by atoms with van der Waals surface area (Å²) in [4.78, 5) is 11.6. The Kier molecular flexibility index (Phi) is 2.89. The zero-order chi connectivity index (χ0) is 12.0. The summed E-state index contributed by atoms with van der Waals surface area (Å²) in [6.45, 7) is 1.99. The Balaban J connectivity index is 1.66. The van der Waals surface area contributed by atoms with Crippen molar-refractivity contribution in [3.63, 3.8) is 0 Å². The molecule has 0 heterocycles. The molecule has 3 heteroatoms. The Morgan fingerprint density at radius 2 is 1.59 bits per heavy atom. The molecule has 1 amide bonds. The summed E-state index contributed by atoms with van der Waals surface area (Å²) in [5.74, 6) is 3.83. The molecule has 4 bridgehead atoms. The maximum Gasteiger partial charge on any atom is 0.236 e. The number of rotatable bonds is 3. The number of amides is 1. The minimum absolute atomic E-state index is 0.0393. The quantitative estimate of drug-likeness (QED) is 0.780. The third kappa shape index (κ3) is 1.99. The van der Waals surface area contributed by atoms with Crippen LogP contribution in [0.25, 0.3) is 0 Å². The largest absolute Gasteiger partial charge is 0.358 e. The average Bonchev–Trinajstić information content (AvgIpc) is 2.31. The molecule has 0 aliphatic heterocycles. The molecular formula is C14H24N2O. The normalized spacial score (nSPS) is 44.7. The SMILES string of the molecule is CNC(=O)[C@H](C)NC1C2CC3CC(C2)CC1C3. The first-order chi connectivity index (χ1) is 8.17. The van der Waals surface area contributed by atoms with E-state index in [9.17, 15) is 4.79 Å². The summed E-state index contributed by atoms with van der Waals surface area (Å²) < 4.78 is 0. The van der Waals surface area contributed by atoms with Crippen LogP contribution in [0, 0.1) is 23.7 Å². The Morgan fingerprint density at radius 3 is 2.06 bits per heavy atom. The Bertz CT molecular complexity index is 287. The van der Waals surface area contributed by atoms with Crippen LogP contribution >= 0.6 is 0 Å². The fourth-order valence-electron chi connectivity index (χ4n) is 4.78. The van der Waals surface area contributed by atoms with Crippen LogP contribution in [0.2, 0.25) is 0 Å². The van der Waals surface area contributed by atoms with E-state index < -0.39 is 0 Å². The van der Waals surface area contributed by atoms with Crippen molar-refractivity contribution in [1.82, 2.24) is 10.6 Å². The molecule has 0 aromatic carbocycles. The van der Waals surface area contributed by atoms with E-state index in [1.165, 1.54) is 32.1 Å². The second kappa shape index (κ2) is 4.27. The number of hydrogen-bond acceptors (Lipinski definition) is 2. The maximum absolute atomic E-state index is 11.6. The van der Waals surface area contributed by atoms with Gasteiger partial charge in [-0.3, -0.25) is 4.79 Å². The standard InChI is InChI=1S/C14H24N2O/c1-8(14(17)15-2)16-13-11-4-9-3-10(6-11)7-12(13)5-9/h8-13,16H,3-7H2,1-2H3,(H,15,17)/t8-,9?,10?,11?,12?,13?/m0/s1. The molecule has 0 saturated heterocycles. The molecule has 4 fully saturated rings. The lowest BCUT2D eigenvalue weighted by Crippen LogP contribution is -2.58. The monoisotopic (exact) mass is 236 g/mol. The van der Waals surface area contributed by atoms with Gasteiger partial charge in [0.1, 0.15) is 0 Å². The van der Waals surface area contributed by atoms with Crippen LogP contribution < -0.4 is 10.6 Å². The predicted octanol–water partition coefficient (Wildman–Crippen LogP) is 1.54. The zero-order valence-electron chi connectivity index (χ0n) is 10.9. The molecule has 0 radical (unpaired) electrons. The van der Waals surface area contributed by atoms with E-state index in [2.05, 4.69) is 10.6 Å². The van der Waals surface area contributed by atoms with Gasteiger partial charge in [-0.15, -0.1) is 0 Å². The molecular weight excluding hydrogens is 212 g/mol. The molecule has 0 aromatic rings. The minimum Gasteiger partial charge on any atom is -0.358 e. The molecule has 4 saturated carbocycles. The molecule has 0 spiro atoms. The highest BCUT2D eigenvalue weighted by Gasteiger charge is 2.48. The first-order valence-electron chi connectivity index (χ1n) is 7.15. The van der Waals surface area contributed by atoms with Crippen LogP contribution in [0.3, 0.4) is 0 Å². The highest BCUT2D eigenvalue weighted by atomic mass is 16.2. The van der Waals surface area contributed by atoms with Crippen LogP contribution in [0.5, 0.6) is 0 Å². The third-order valence-electron chi connectivity index (χ3n) is 5.31. The Labute approximate surface area is 104 Å². The smallest absolute Gasteiger partial charge is 0.236 e. The van der Waals surface area contributed by atoms with Gasteiger partial charge in [-0.05, 0) is 62.7 Å². The second-order valence-corrected chi connectivity index (χ2v) is 6.46. The van der Waals surface area contributed by atoms with Crippen LogP contribution in [0.1, 0.15) is 39.0 Å². The van der Waals surface area contributed by atoms with Gasteiger partial charge in [0.05, 0.1) is 6.04 Å². The molecule has 96 valence electrons. The predicted molar refractivity (Wildman–Crippen MR) is 67.5 cm³/mol. The van der Waals surface area contributed by atoms with Crippen molar-refractivity contribution in [3.8, 4) is 0 Å². The summed E-state index contributed by atoms with van der Waals surface area (Å²) in [6.07, 6.45) is 7.12. The lowest BCUT2D eigenvalue weighted by atomic mass is 9.54. The maximum atomic E-state index is 11.6. The van der Waals surface area contributed by atoms with Crippen molar-refractivity contribution in [2.45, 2.75) is 51.1 Å². The highest BCUT2D eigenvalue weighted by molar-refractivity contribution is 5.80. The molecule has 3 nitrogen and oxygen atoms in total. The summed E-state index contributed by atoms with van der Waals surface area (Å²) in [5.41, 5.74) is 0. The van der Waals surface area contributed by atoms with Crippen LogP contribution in [0.15, 0.2) is 0 Å². The van der Waals surface area contributed by atoms with Gasteiger partial charge < -0.3 is 10.6 Å². The van der Waals surface area contributed by atoms with Crippen LogP contribution in [-0.2, 0) is 4.79 Å². The van der Waals surface area contributed by atoms with E-state index in [1.54, 1.807) is 7.05 Å². The summed E-state index contributed by atoms with van der Waals surface area (Å²) in [7, 11) is 1.72. The molecule has 4 rings (SSSR count). The van der Waals surface area contributed by atoms with Gasteiger partial charge in [-0.1, -0.05) is 0 Å². The molecule has 0 unspecified atom stereocenters. The number of carbonyl (C=O) groups excluding carboxylic acids is 1. The lowest BCUT2D eigenvalue weighted by molar-refractivity contribution is -0.123. The van der Waals surface area contributed by atoms with Crippen molar-refractivity contribution in [2.75, 3.05) is 7.05 Å². The van der Waals surface area contributed by atoms with Crippen molar-refractivity contribution in [2.24, 2.45) is 23.7 Å². The van der Waals surface area contributed by atoms with Crippen molar-refractivity contribution < 1.29 is 4.79 Å². The van der Waals surface area contributed by atoms with Crippen LogP contribution in [0.4, 0.5) is 0 Å². The van der Waals surface area contributed by atoms with E-state index in [4.69, 9.17) is 0 Å². The third-order valence-corrected chi connectivity index (χ3v) is 5.31. The summed E-state index contributed by atoms with van der Waals surface area (Å²) >= 11 is 0. The molecule has 1 atom stereocenters. The zero-order valence-corrected chi connectivity index (χ0v) is 10.9. The number of likely N-dealkylation sites (N-methyl/N-ethyl adjacent to an activating group) is 1. The topological polar surface area (TPSA) is 41.1 Å². The van der Waals surface area contributed by atoms with Gasteiger partial charge in [-0.2, -0.15) is 0 Å². The summed E-state index contributed by atoms with van der Waals surface area (Å²) in [5, 5.41) is 6.34. The second-order valence-electron chi connectivity index (χ2n) is 6.46. The van der Waals surface area contributed by atoms with Gasteiger partial charge >= 0.3 is 0 Å². The molecule has 4 aliphatic rings. The summed E-state index contributed by atoms with van der Waals surface area (Å²) in [6, 6.07) is 0.567. The minimum atomic E-state index is -0.0393. The van der Waals surface area contributed by atoms with Gasteiger partial charge in [0.15, 0.2) is 0 Å². The van der Waals surface area contributed by atoms with Gasteiger partial charge in [0.25, 0.3) is 0 Å². The van der Waals surface area contributed by atoms with E-state index in [-0.39, 0.29) is 11.9 Å². The van der Waals surface area contributed by atoms with E-state index >= 15 is 0 Å². The molecule has 0 aromatic heterocycles. The van der Waals surface area contributed by atoms with Gasteiger partial charge in [-0.25, -0.2) is 0 Å². The van der Waals surface area contributed by atoms with Gasteiger partial charge in [0.2, 0.25) is 5.91 Å². The van der Waals surface area contributed by atoms with Gasteiger partial charge in [0, 0.05) is 13.1 Å². The van der Waals surface area contributed by atoms with E-state index in [0.717, 1.165) is 23.7 Å². The molecule has 4 aliphatic carbocycles. The van der Waals surface area contributed by atoms with Crippen molar-refractivity contribution in [3.05, 3.63) is 0 Å². The molecule has 17 heavy (non-hydrogen) atoms. The fourth-order valence-corrected chi connectivity index (χ4v) is 4.78. The highest BCUT2D eigenvalue weighted by Crippen LogP contribution is 2.53. The first-order valence-corrected chi connectivity index (χ1v) is 7.15. The van der Waals surface area contributed by atoms with E-state index in [0.29, 0.717) is 6.04 Å². The lowest BCUT2D eigenvalue weighted by Gasteiger charge is -2.55. The number of hydrogen-bond donors (Lipinski definition) is 2. The van der Waals surface area contributed by atoms with Crippen molar-refractivity contribution >= 4 is 5.91 Å². The van der Waals surface area contributed by atoms with Crippen LogP contribution in [-0.4, -0.2) is 25.0 Å². The average molecular weight is 236 g/mol. The van der Waals surface area contributed by atoms with E-state index in [1.807, 2.05) is 6.92 Å². The Hall–Kier alpha value is -0.570. The number of nitrogens with one attached hydrogen (secondary N) is 2. The first kappa shape index (κ1) is 11.5. The molecule has 2 N–H and O–H groups in total. The van der Waals surface area contributed by atoms with Crippen molar-refractivity contribution in [1.29, 1.82) is 0 Å². The number of carbonyl (C=O) groups is 1.